The number of rotatable bonds is 6. The lowest BCUT2D eigenvalue weighted by Crippen LogP contribution is -2.19. The lowest BCUT2D eigenvalue weighted by Gasteiger charge is -2.31. The van der Waals surface area contributed by atoms with Crippen LogP contribution in [0.5, 0.6) is 5.75 Å². The number of benzene rings is 1. The molecule has 2 rings (SSSR count). The maximum Gasteiger partial charge on any atom is 0.119 e. The first-order valence-corrected chi connectivity index (χ1v) is 6.68. The van der Waals surface area contributed by atoms with E-state index in [1.54, 1.807) is 7.11 Å². The van der Waals surface area contributed by atoms with Gasteiger partial charge in [-0.2, -0.15) is 0 Å². The third-order valence-electron chi connectivity index (χ3n) is 3.97. The second-order valence-electron chi connectivity index (χ2n) is 5.07. The van der Waals surface area contributed by atoms with Crippen molar-refractivity contribution >= 4 is 0 Å². The van der Waals surface area contributed by atoms with Gasteiger partial charge in [-0.1, -0.05) is 19.6 Å². The molecular weight excluding hydrogens is 224 g/mol. The lowest BCUT2D eigenvalue weighted by molar-refractivity contribution is 0.189. The van der Waals surface area contributed by atoms with E-state index in [0.29, 0.717) is 5.92 Å². The molecule has 2 atom stereocenters. The van der Waals surface area contributed by atoms with Gasteiger partial charge in [0.2, 0.25) is 0 Å². The largest absolute Gasteiger partial charge is 0.497 e. The highest BCUT2D eigenvalue weighted by Crippen LogP contribution is 2.40. The van der Waals surface area contributed by atoms with Crippen molar-refractivity contribution in [1.82, 2.24) is 0 Å². The molecule has 0 spiro atoms. The minimum atomic E-state index is -0.336. The molecule has 0 fully saturated rings. The van der Waals surface area contributed by atoms with E-state index >= 15 is 0 Å². The topological polar surface area (TPSA) is 29.5 Å². The van der Waals surface area contributed by atoms with Gasteiger partial charge >= 0.3 is 0 Å². The van der Waals surface area contributed by atoms with E-state index in [9.17, 15) is 5.11 Å². The van der Waals surface area contributed by atoms with Gasteiger partial charge in [-0.15, -0.1) is 0 Å². The van der Waals surface area contributed by atoms with Crippen LogP contribution in [-0.2, 0) is 6.42 Å². The van der Waals surface area contributed by atoms with Gasteiger partial charge < -0.3 is 9.84 Å². The van der Waals surface area contributed by atoms with Crippen molar-refractivity contribution < 1.29 is 9.84 Å². The Balaban J connectivity index is 1.88. The zero-order chi connectivity index (χ0) is 13.1. The van der Waals surface area contributed by atoms with E-state index in [1.807, 2.05) is 13.0 Å². The van der Waals surface area contributed by atoms with E-state index in [2.05, 4.69) is 18.7 Å². The smallest absolute Gasteiger partial charge is 0.119 e. The van der Waals surface area contributed by atoms with Gasteiger partial charge in [-0.05, 0) is 60.4 Å². The number of aliphatic hydroxyl groups excluding tert-OH is 1. The molecule has 0 bridgehead atoms. The summed E-state index contributed by atoms with van der Waals surface area (Å²) >= 11 is 0. The van der Waals surface area contributed by atoms with Gasteiger partial charge in [0.1, 0.15) is 5.75 Å². The summed E-state index contributed by atoms with van der Waals surface area (Å²) in [5, 5.41) is 9.90. The second kappa shape index (κ2) is 5.57. The van der Waals surface area contributed by atoms with Gasteiger partial charge in [0.05, 0.1) is 13.2 Å². The normalized spacial score (nSPS) is 18.7. The minimum Gasteiger partial charge on any atom is -0.497 e. The van der Waals surface area contributed by atoms with Crippen molar-refractivity contribution in [2.24, 2.45) is 0 Å². The van der Waals surface area contributed by atoms with Crippen molar-refractivity contribution in [2.75, 3.05) is 7.11 Å². The molecule has 0 aromatic heterocycles. The van der Waals surface area contributed by atoms with Crippen LogP contribution in [0, 0.1) is 0 Å². The fourth-order valence-corrected chi connectivity index (χ4v) is 2.58. The molecule has 2 nitrogen and oxygen atoms in total. The van der Waals surface area contributed by atoms with E-state index in [1.165, 1.54) is 11.1 Å². The van der Waals surface area contributed by atoms with Crippen LogP contribution >= 0.6 is 0 Å². The standard InChI is InChI=1S/C16H22O2/c1-4-11(2)16(17)8-5-12-9-13-10-14(18-3)6-7-15(12)13/h6-7,10,12,16-17H,2,4-5,8-9H2,1,3H3/t12?,16-/m1/s1. The Kier molecular flexibility index (Phi) is 4.07. The number of fused-ring (bicyclic) bond motifs is 1. The Morgan fingerprint density at radius 3 is 2.94 bits per heavy atom. The van der Waals surface area contributed by atoms with Crippen molar-refractivity contribution in [2.45, 2.75) is 44.6 Å². The molecule has 1 aliphatic rings. The van der Waals surface area contributed by atoms with Crippen LogP contribution < -0.4 is 4.74 Å². The fraction of sp³-hybridized carbons (Fsp3) is 0.500. The van der Waals surface area contributed by atoms with Crippen molar-refractivity contribution in [3.63, 3.8) is 0 Å². The van der Waals surface area contributed by atoms with Crippen LogP contribution in [0.25, 0.3) is 0 Å². The Labute approximate surface area is 109 Å². The van der Waals surface area contributed by atoms with E-state index in [0.717, 1.165) is 37.0 Å². The summed E-state index contributed by atoms with van der Waals surface area (Å²) in [5.74, 6) is 1.54. The van der Waals surface area contributed by atoms with Gasteiger partial charge in [0.15, 0.2) is 0 Å². The highest BCUT2D eigenvalue weighted by atomic mass is 16.5. The van der Waals surface area contributed by atoms with Gasteiger partial charge in [0, 0.05) is 0 Å². The van der Waals surface area contributed by atoms with Crippen molar-refractivity contribution in [3.8, 4) is 5.75 Å². The molecule has 0 amide bonds. The van der Waals surface area contributed by atoms with Gasteiger partial charge in [-0.25, -0.2) is 0 Å². The van der Waals surface area contributed by atoms with Gasteiger partial charge in [-0.3, -0.25) is 0 Å². The lowest BCUT2D eigenvalue weighted by atomic mass is 9.74. The van der Waals surface area contributed by atoms with E-state index in [-0.39, 0.29) is 6.10 Å². The summed E-state index contributed by atoms with van der Waals surface area (Å²) in [6.45, 7) is 5.93. The number of hydrogen-bond donors (Lipinski definition) is 1. The highest BCUT2D eigenvalue weighted by Gasteiger charge is 2.26. The van der Waals surface area contributed by atoms with Crippen LogP contribution in [0.2, 0.25) is 0 Å². The summed E-state index contributed by atoms with van der Waals surface area (Å²) in [5.41, 5.74) is 3.76. The number of ether oxygens (including phenoxy) is 1. The molecule has 1 unspecified atom stereocenters. The molecule has 1 aromatic carbocycles. The minimum absolute atomic E-state index is 0.336. The molecule has 0 heterocycles. The van der Waals surface area contributed by atoms with E-state index in [4.69, 9.17) is 4.74 Å². The number of aliphatic hydroxyl groups is 1. The summed E-state index contributed by atoms with van der Waals surface area (Å²) < 4.78 is 5.21. The van der Waals surface area contributed by atoms with Crippen LogP contribution in [-0.4, -0.2) is 18.3 Å². The number of hydrogen-bond acceptors (Lipinski definition) is 2. The maximum absolute atomic E-state index is 9.90. The molecule has 2 heteroatoms. The Hall–Kier alpha value is -1.28. The first kappa shape index (κ1) is 13.2. The molecule has 18 heavy (non-hydrogen) atoms. The zero-order valence-electron chi connectivity index (χ0n) is 11.3. The summed E-state index contributed by atoms with van der Waals surface area (Å²) in [4.78, 5) is 0. The monoisotopic (exact) mass is 246 g/mol. The molecule has 0 aliphatic heterocycles. The number of methoxy groups -OCH3 is 1. The highest BCUT2D eigenvalue weighted by molar-refractivity contribution is 5.44. The first-order chi connectivity index (χ1) is 8.65. The summed E-state index contributed by atoms with van der Waals surface area (Å²) in [6, 6.07) is 6.29. The zero-order valence-corrected chi connectivity index (χ0v) is 11.3. The molecular formula is C16H22O2. The predicted molar refractivity (Wildman–Crippen MR) is 74.1 cm³/mol. The molecule has 1 aromatic rings. The molecule has 1 N–H and O–H groups in total. The average Bonchev–Trinajstić information content (AvgIpc) is 2.38. The predicted octanol–water partition coefficient (Wildman–Crippen LogP) is 3.44. The molecule has 1 aliphatic carbocycles. The first-order valence-electron chi connectivity index (χ1n) is 6.68. The molecule has 0 saturated carbocycles. The molecule has 98 valence electrons. The SMILES string of the molecule is C=C(CC)[C@H](O)CCC1Cc2cc(OC)ccc21. The Morgan fingerprint density at radius 2 is 2.33 bits per heavy atom. The van der Waals surface area contributed by atoms with Crippen molar-refractivity contribution in [3.05, 3.63) is 41.5 Å². The summed E-state index contributed by atoms with van der Waals surface area (Å²) in [6.07, 6.45) is 3.50. The Bertz CT molecular complexity index is 437. The van der Waals surface area contributed by atoms with Crippen LogP contribution in [0.3, 0.4) is 0 Å². The quantitative estimate of drug-likeness (QED) is 0.779. The summed E-state index contributed by atoms with van der Waals surface area (Å²) in [7, 11) is 1.70. The fourth-order valence-electron chi connectivity index (χ4n) is 2.58. The van der Waals surface area contributed by atoms with E-state index < -0.39 is 0 Å². The van der Waals surface area contributed by atoms with Crippen LogP contribution in [0.15, 0.2) is 30.4 Å². The average molecular weight is 246 g/mol. The van der Waals surface area contributed by atoms with Gasteiger partial charge in [0.25, 0.3) is 0 Å². The third-order valence-corrected chi connectivity index (χ3v) is 3.97. The van der Waals surface area contributed by atoms with Crippen LogP contribution in [0.1, 0.15) is 43.2 Å². The maximum atomic E-state index is 9.90. The second-order valence-corrected chi connectivity index (χ2v) is 5.07. The Morgan fingerprint density at radius 1 is 1.56 bits per heavy atom. The molecule has 0 saturated heterocycles. The molecule has 0 radical (unpaired) electrons. The third kappa shape index (κ3) is 2.59. The van der Waals surface area contributed by atoms with Crippen molar-refractivity contribution in [1.29, 1.82) is 0 Å². The van der Waals surface area contributed by atoms with Crippen LogP contribution in [0.4, 0.5) is 0 Å².